The fourth-order valence-corrected chi connectivity index (χ4v) is 5.82. The first-order chi connectivity index (χ1) is 17.4. The van der Waals surface area contributed by atoms with Gasteiger partial charge in [0, 0.05) is 30.2 Å². The van der Waals surface area contributed by atoms with Crippen molar-refractivity contribution in [1.82, 2.24) is 9.88 Å². The molecule has 0 N–H and O–H groups in total. The van der Waals surface area contributed by atoms with Crippen LogP contribution in [0.5, 0.6) is 0 Å². The van der Waals surface area contributed by atoms with Gasteiger partial charge in [0.25, 0.3) is 10.1 Å². The summed E-state index contributed by atoms with van der Waals surface area (Å²) in [5, 5.41) is 0.636. The molecule has 0 radical (unpaired) electrons. The third-order valence-electron chi connectivity index (χ3n) is 6.76. The molecule has 7 nitrogen and oxygen atoms in total. The summed E-state index contributed by atoms with van der Waals surface area (Å²) >= 11 is 6.41. The molecule has 37 heavy (non-hydrogen) atoms. The predicted molar refractivity (Wildman–Crippen MR) is 146 cm³/mol. The maximum atomic E-state index is 12.8. The van der Waals surface area contributed by atoms with E-state index in [1.54, 1.807) is 6.20 Å². The average molecular weight is 547 g/mol. The molecule has 1 saturated heterocycles. The second-order valence-electron chi connectivity index (χ2n) is 10.8. The molecular formula is C28H35ClN2O5S. The van der Waals surface area contributed by atoms with Gasteiger partial charge in [-0.25, -0.2) is 4.79 Å². The first-order valence-corrected chi connectivity index (χ1v) is 14.9. The zero-order valence-electron chi connectivity index (χ0n) is 21.9. The molecule has 2 unspecified atom stereocenters. The highest BCUT2D eigenvalue weighted by atomic mass is 35.5. The molecule has 9 heteroatoms. The fraction of sp³-hybridized carbons (Fsp3) is 0.500. The van der Waals surface area contributed by atoms with Crippen LogP contribution in [0.4, 0.5) is 4.79 Å². The van der Waals surface area contributed by atoms with Crippen molar-refractivity contribution in [2.75, 3.05) is 26.0 Å². The maximum absolute atomic E-state index is 12.8. The zero-order valence-corrected chi connectivity index (χ0v) is 23.4. The number of amides is 1. The van der Waals surface area contributed by atoms with Crippen LogP contribution in [-0.2, 0) is 19.0 Å². The van der Waals surface area contributed by atoms with Crippen LogP contribution in [-0.4, -0.2) is 55.9 Å². The van der Waals surface area contributed by atoms with E-state index >= 15 is 0 Å². The van der Waals surface area contributed by atoms with E-state index in [1.165, 1.54) is 0 Å². The van der Waals surface area contributed by atoms with E-state index in [4.69, 9.17) is 25.5 Å². The quantitative estimate of drug-likeness (QED) is 0.420. The third kappa shape index (κ3) is 7.12. The molecular weight excluding hydrogens is 512 g/mol. The summed E-state index contributed by atoms with van der Waals surface area (Å²) in [4.78, 5) is 19.4. The van der Waals surface area contributed by atoms with Crippen LogP contribution in [0.25, 0.3) is 11.6 Å². The summed E-state index contributed by atoms with van der Waals surface area (Å²) in [5.74, 6) is 0.257. The van der Waals surface area contributed by atoms with Crippen molar-refractivity contribution in [3.8, 4) is 0 Å². The van der Waals surface area contributed by atoms with E-state index in [0.717, 1.165) is 53.5 Å². The molecule has 0 bridgehead atoms. The molecule has 2 aliphatic rings. The first-order valence-electron chi connectivity index (χ1n) is 12.7. The molecule has 2 heterocycles. The van der Waals surface area contributed by atoms with Gasteiger partial charge in [-0.15, -0.1) is 0 Å². The van der Waals surface area contributed by atoms with Gasteiger partial charge in [0.15, 0.2) is 0 Å². The van der Waals surface area contributed by atoms with Gasteiger partial charge in [0.05, 0.1) is 18.6 Å². The number of nitrogens with zero attached hydrogens (tertiary/aromatic N) is 2. The summed E-state index contributed by atoms with van der Waals surface area (Å²) in [6.45, 7) is 6.97. The predicted octanol–water partition coefficient (Wildman–Crippen LogP) is 6.12. The van der Waals surface area contributed by atoms with Gasteiger partial charge in [-0.05, 0) is 92.8 Å². The lowest BCUT2D eigenvalue weighted by Crippen LogP contribution is -2.37. The van der Waals surface area contributed by atoms with Gasteiger partial charge >= 0.3 is 6.09 Å². The Hall–Kier alpha value is -2.42. The van der Waals surface area contributed by atoms with Crippen molar-refractivity contribution in [2.45, 2.75) is 58.0 Å². The molecule has 2 atom stereocenters. The molecule has 4 rings (SSSR count). The Labute approximate surface area is 224 Å². The molecule has 200 valence electrons. The molecule has 1 aromatic carbocycles. The second-order valence-corrected chi connectivity index (χ2v) is 12.9. The minimum atomic E-state index is -3.54. The molecule has 1 fully saturated rings. The van der Waals surface area contributed by atoms with Crippen molar-refractivity contribution in [1.29, 1.82) is 0 Å². The summed E-state index contributed by atoms with van der Waals surface area (Å²) in [5.41, 5.74) is 4.52. The number of benzene rings is 1. The lowest BCUT2D eigenvalue weighted by atomic mass is 9.77. The normalized spacial score (nSPS) is 20.2. The number of pyridine rings is 1. The number of carbonyl (C=O) groups excluding carboxylic acids is 1. The number of fused-ring (bicyclic) bond motifs is 2. The van der Waals surface area contributed by atoms with E-state index in [2.05, 4.69) is 12.1 Å². The van der Waals surface area contributed by atoms with Crippen molar-refractivity contribution < 1.29 is 22.1 Å². The number of hydrogen-bond donors (Lipinski definition) is 0. The number of ether oxygens (including phenoxy) is 1. The Morgan fingerprint density at radius 2 is 1.97 bits per heavy atom. The van der Waals surface area contributed by atoms with Crippen molar-refractivity contribution in [2.24, 2.45) is 5.92 Å². The first kappa shape index (κ1) is 27.6. The number of likely N-dealkylation sites (tertiary alicyclic amines) is 1. The number of carbonyl (C=O) groups is 1. The van der Waals surface area contributed by atoms with Gasteiger partial charge in [0.2, 0.25) is 0 Å². The summed E-state index contributed by atoms with van der Waals surface area (Å²) in [7, 11) is -3.54. The number of aromatic nitrogens is 1. The summed E-state index contributed by atoms with van der Waals surface area (Å²) in [6, 6.07) is 9.88. The van der Waals surface area contributed by atoms with Crippen LogP contribution in [0.1, 0.15) is 74.8 Å². The molecule has 1 amide bonds. The average Bonchev–Trinajstić information content (AvgIpc) is 3.11. The van der Waals surface area contributed by atoms with Crippen LogP contribution >= 0.6 is 11.6 Å². The van der Waals surface area contributed by atoms with Gasteiger partial charge in [-0.2, -0.15) is 8.42 Å². The van der Waals surface area contributed by atoms with Gasteiger partial charge in [0.1, 0.15) is 5.60 Å². The fourth-order valence-electron chi connectivity index (χ4n) is 5.26. The minimum Gasteiger partial charge on any atom is -0.444 e. The highest BCUT2D eigenvalue weighted by Gasteiger charge is 2.34. The second kappa shape index (κ2) is 11.1. The van der Waals surface area contributed by atoms with E-state index in [9.17, 15) is 13.2 Å². The van der Waals surface area contributed by atoms with Crippen LogP contribution < -0.4 is 0 Å². The van der Waals surface area contributed by atoms with Crippen LogP contribution in [0, 0.1) is 5.92 Å². The van der Waals surface area contributed by atoms with Crippen LogP contribution in [0.15, 0.2) is 36.5 Å². The number of halogens is 1. The highest BCUT2D eigenvalue weighted by molar-refractivity contribution is 7.85. The topological polar surface area (TPSA) is 85.8 Å². The van der Waals surface area contributed by atoms with Crippen molar-refractivity contribution >= 4 is 39.5 Å². The standard InChI is InChI=1S/C28H35ClN2O5S/c1-28(2,3)36-27(32)31-14-6-7-19(11-15-31)25-23-10-9-22(29)18-21(23)17-20(12-16-35-37(4,33)34)24-8-5-13-30-26(24)25/h5,8-10,13,17-19,25H,6-7,11-12,14-16H2,1-4H3. The number of rotatable bonds is 5. The van der Waals surface area contributed by atoms with Crippen molar-refractivity contribution in [3.63, 3.8) is 0 Å². The Morgan fingerprint density at radius 3 is 2.70 bits per heavy atom. The number of hydrogen-bond acceptors (Lipinski definition) is 6. The van der Waals surface area contributed by atoms with E-state index in [0.29, 0.717) is 24.5 Å². The monoisotopic (exact) mass is 546 g/mol. The Bertz CT molecular complexity index is 1290. The molecule has 1 aliphatic carbocycles. The molecule has 0 spiro atoms. The Morgan fingerprint density at radius 1 is 1.19 bits per heavy atom. The van der Waals surface area contributed by atoms with Gasteiger partial charge < -0.3 is 9.64 Å². The zero-order chi connectivity index (χ0) is 26.8. The summed E-state index contributed by atoms with van der Waals surface area (Å²) in [6.07, 6.45) is 7.72. The molecule has 0 saturated carbocycles. The summed E-state index contributed by atoms with van der Waals surface area (Å²) < 4.78 is 33.8. The van der Waals surface area contributed by atoms with Crippen molar-refractivity contribution in [3.05, 3.63) is 63.9 Å². The smallest absolute Gasteiger partial charge is 0.410 e. The molecule has 2 aromatic rings. The lowest BCUT2D eigenvalue weighted by molar-refractivity contribution is 0.0255. The van der Waals surface area contributed by atoms with E-state index < -0.39 is 15.7 Å². The SMILES string of the molecule is CC(C)(C)OC(=O)N1CCCC(C2c3ccc(Cl)cc3C=C(CCOS(C)(=O)=O)c3cccnc32)CC1. The van der Waals surface area contributed by atoms with Gasteiger partial charge in [-0.1, -0.05) is 29.8 Å². The van der Waals surface area contributed by atoms with E-state index in [1.807, 2.05) is 49.9 Å². The largest absolute Gasteiger partial charge is 0.444 e. The maximum Gasteiger partial charge on any atom is 0.410 e. The Kier molecular flexibility index (Phi) is 8.31. The van der Waals surface area contributed by atoms with Gasteiger partial charge in [-0.3, -0.25) is 9.17 Å². The highest BCUT2D eigenvalue weighted by Crippen LogP contribution is 2.45. The third-order valence-corrected chi connectivity index (χ3v) is 7.59. The lowest BCUT2D eigenvalue weighted by Gasteiger charge is -2.29. The van der Waals surface area contributed by atoms with Crippen LogP contribution in [0.3, 0.4) is 0 Å². The van der Waals surface area contributed by atoms with Crippen LogP contribution in [0.2, 0.25) is 5.02 Å². The van der Waals surface area contributed by atoms with E-state index in [-0.39, 0.29) is 24.5 Å². The Balaban J connectivity index is 1.68. The molecule has 1 aromatic heterocycles. The molecule has 1 aliphatic heterocycles. The minimum absolute atomic E-state index is 0.00614.